The van der Waals surface area contributed by atoms with Gasteiger partial charge < -0.3 is 0 Å². The molecule has 0 aromatic heterocycles. The van der Waals surface area contributed by atoms with Gasteiger partial charge in [0.1, 0.15) is 5.82 Å². The highest BCUT2D eigenvalue weighted by molar-refractivity contribution is 6.30. The van der Waals surface area contributed by atoms with Crippen LogP contribution < -0.4 is 0 Å². The van der Waals surface area contributed by atoms with E-state index in [-0.39, 0.29) is 23.4 Å². The number of hydrogen-bond donors (Lipinski definition) is 0. The van der Waals surface area contributed by atoms with Crippen LogP contribution in [-0.4, -0.2) is 35.6 Å². The largest absolute Gasteiger partial charge is 0.297 e. The summed E-state index contributed by atoms with van der Waals surface area (Å²) in [6.07, 6.45) is 8.08. The van der Waals surface area contributed by atoms with Crippen LogP contribution in [0.3, 0.4) is 0 Å². The molecule has 2 aromatic rings. The van der Waals surface area contributed by atoms with Crippen molar-refractivity contribution >= 4 is 23.2 Å². The van der Waals surface area contributed by atoms with E-state index in [1.165, 1.54) is 24.3 Å². The molecule has 29 heavy (non-hydrogen) atoms. The minimum atomic E-state index is -0.336. The van der Waals surface area contributed by atoms with Crippen LogP contribution in [0, 0.1) is 5.82 Å². The summed E-state index contributed by atoms with van der Waals surface area (Å²) in [6, 6.07) is 12.8. The normalized spacial score (nSPS) is 17.5. The first-order valence-electron chi connectivity index (χ1n) is 10.0. The molecule has 5 heteroatoms. The fourth-order valence-corrected chi connectivity index (χ4v) is 3.77. The van der Waals surface area contributed by atoms with Crippen LogP contribution in [0.4, 0.5) is 4.39 Å². The van der Waals surface area contributed by atoms with Gasteiger partial charge in [0.25, 0.3) is 0 Å². The number of benzene rings is 2. The number of likely N-dealkylation sites (tertiary alicyclic amines) is 1. The third kappa shape index (κ3) is 6.34. The minimum absolute atomic E-state index is 0.0290. The van der Waals surface area contributed by atoms with Gasteiger partial charge in [-0.3, -0.25) is 14.5 Å². The van der Waals surface area contributed by atoms with Crippen LogP contribution in [0.2, 0.25) is 5.02 Å². The second-order valence-corrected chi connectivity index (χ2v) is 7.80. The minimum Gasteiger partial charge on any atom is -0.297 e. The molecule has 3 nitrogen and oxygen atoms in total. The second kappa shape index (κ2) is 10.5. The first kappa shape index (κ1) is 21.4. The Morgan fingerprint density at radius 1 is 1.03 bits per heavy atom. The molecule has 0 saturated carbocycles. The highest BCUT2D eigenvalue weighted by Crippen LogP contribution is 2.20. The molecule has 0 radical (unpaired) electrons. The summed E-state index contributed by atoms with van der Waals surface area (Å²) in [5, 5.41) is 0.610. The number of piperidine rings is 1. The van der Waals surface area contributed by atoms with Crippen LogP contribution in [0.15, 0.2) is 60.7 Å². The van der Waals surface area contributed by atoms with Gasteiger partial charge in [0.2, 0.25) is 0 Å². The molecule has 0 bridgehead atoms. The summed E-state index contributed by atoms with van der Waals surface area (Å²) in [5.41, 5.74) is 1.17. The van der Waals surface area contributed by atoms with Crippen molar-refractivity contribution in [1.29, 1.82) is 0 Å². The third-order valence-corrected chi connectivity index (χ3v) is 5.53. The van der Waals surface area contributed by atoms with Crippen LogP contribution in [0.1, 0.15) is 52.8 Å². The van der Waals surface area contributed by atoms with E-state index < -0.39 is 0 Å². The zero-order valence-electron chi connectivity index (χ0n) is 16.3. The number of allylic oxidation sites excluding steroid dienone is 1. The molecule has 152 valence electrons. The fraction of sp³-hybridized carbons (Fsp3) is 0.333. The molecule has 1 saturated heterocycles. The molecule has 1 unspecified atom stereocenters. The summed E-state index contributed by atoms with van der Waals surface area (Å²) in [4.78, 5) is 27.0. The Bertz CT molecular complexity index is 861. The zero-order chi connectivity index (χ0) is 20.6. The van der Waals surface area contributed by atoms with Gasteiger partial charge in [0, 0.05) is 28.6 Å². The van der Waals surface area contributed by atoms with Crippen LogP contribution in [0.25, 0.3) is 0 Å². The van der Waals surface area contributed by atoms with Crippen molar-refractivity contribution in [3.63, 3.8) is 0 Å². The van der Waals surface area contributed by atoms with Crippen molar-refractivity contribution in [1.82, 2.24) is 4.90 Å². The van der Waals surface area contributed by atoms with Crippen LogP contribution >= 0.6 is 11.6 Å². The maximum absolute atomic E-state index is 13.0. The number of nitrogens with zero attached hydrogens (tertiary/aromatic N) is 1. The van der Waals surface area contributed by atoms with Crippen LogP contribution in [-0.2, 0) is 0 Å². The molecule has 0 N–H and O–H groups in total. The van der Waals surface area contributed by atoms with Gasteiger partial charge in [-0.2, -0.15) is 0 Å². The zero-order valence-corrected chi connectivity index (χ0v) is 17.1. The lowest BCUT2D eigenvalue weighted by Gasteiger charge is -2.33. The van der Waals surface area contributed by atoms with Gasteiger partial charge in [-0.25, -0.2) is 4.39 Å². The predicted octanol–water partition coefficient (Wildman–Crippen LogP) is 5.74. The van der Waals surface area contributed by atoms with Crippen molar-refractivity contribution in [2.75, 3.05) is 13.1 Å². The van der Waals surface area contributed by atoms with E-state index in [0.29, 0.717) is 22.6 Å². The van der Waals surface area contributed by atoms with Crippen molar-refractivity contribution in [3.05, 3.63) is 82.6 Å². The van der Waals surface area contributed by atoms with Crippen molar-refractivity contribution in [3.8, 4) is 0 Å². The molecule has 0 spiro atoms. The van der Waals surface area contributed by atoms with E-state index >= 15 is 0 Å². The van der Waals surface area contributed by atoms with Gasteiger partial charge in [-0.1, -0.05) is 24.1 Å². The molecule has 3 rings (SSSR count). The Morgan fingerprint density at radius 2 is 1.72 bits per heavy atom. The highest BCUT2D eigenvalue weighted by atomic mass is 35.5. The fourth-order valence-electron chi connectivity index (χ4n) is 3.64. The van der Waals surface area contributed by atoms with E-state index in [4.69, 9.17) is 11.6 Å². The average Bonchev–Trinajstić information content (AvgIpc) is 2.73. The van der Waals surface area contributed by atoms with Gasteiger partial charge >= 0.3 is 0 Å². The van der Waals surface area contributed by atoms with Crippen molar-refractivity contribution in [2.24, 2.45) is 0 Å². The SMILES string of the molecule is O=C(C=CC1CCCCN1CCCC(=O)c1ccc(F)cc1)c1ccc(Cl)cc1. The summed E-state index contributed by atoms with van der Waals surface area (Å²) in [6.45, 7) is 1.77. The quantitative estimate of drug-likeness (QED) is 0.409. The predicted molar refractivity (Wildman–Crippen MR) is 114 cm³/mol. The summed E-state index contributed by atoms with van der Waals surface area (Å²) in [7, 11) is 0. The van der Waals surface area contributed by atoms with Crippen molar-refractivity contribution in [2.45, 2.75) is 38.1 Å². The molecular formula is C24H25ClFNO2. The third-order valence-electron chi connectivity index (χ3n) is 5.28. The number of Topliss-reactive ketones (excluding diaryl/α,β-unsaturated/α-hetero) is 1. The molecule has 1 fully saturated rings. The number of rotatable bonds is 8. The smallest absolute Gasteiger partial charge is 0.185 e. The van der Waals surface area contributed by atoms with E-state index in [2.05, 4.69) is 4.90 Å². The summed E-state index contributed by atoms with van der Waals surface area (Å²) in [5.74, 6) is -0.330. The Kier molecular flexibility index (Phi) is 7.73. The molecule has 1 heterocycles. The number of hydrogen-bond acceptors (Lipinski definition) is 3. The molecule has 2 aromatic carbocycles. The maximum atomic E-state index is 13.0. The number of ketones is 2. The Morgan fingerprint density at radius 3 is 2.45 bits per heavy atom. The van der Waals surface area contributed by atoms with Gasteiger partial charge in [0.15, 0.2) is 11.6 Å². The van der Waals surface area contributed by atoms with Crippen LogP contribution in [0.5, 0.6) is 0 Å². The number of carbonyl (C=O) groups is 2. The Labute approximate surface area is 176 Å². The molecule has 1 atom stereocenters. The first-order chi connectivity index (χ1) is 14.0. The molecule has 1 aliphatic rings. The lowest BCUT2D eigenvalue weighted by atomic mass is 9.99. The van der Waals surface area contributed by atoms with Crippen molar-refractivity contribution < 1.29 is 14.0 Å². The summed E-state index contributed by atoms with van der Waals surface area (Å²) >= 11 is 5.87. The maximum Gasteiger partial charge on any atom is 0.185 e. The van der Waals surface area contributed by atoms with E-state index in [1.807, 2.05) is 6.08 Å². The van der Waals surface area contributed by atoms with E-state index in [0.717, 1.165) is 38.8 Å². The average molecular weight is 414 g/mol. The van der Waals surface area contributed by atoms with Gasteiger partial charge in [0.05, 0.1) is 0 Å². The molecule has 0 amide bonds. The van der Waals surface area contributed by atoms with Gasteiger partial charge in [-0.05, 0) is 87.0 Å². The lowest BCUT2D eigenvalue weighted by molar-refractivity contribution is 0.0968. The lowest BCUT2D eigenvalue weighted by Crippen LogP contribution is -2.39. The molecule has 1 aliphatic heterocycles. The summed E-state index contributed by atoms with van der Waals surface area (Å²) < 4.78 is 13.0. The first-order valence-corrected chi connectivity index (χ1v) is 10.4. The second-order valence-electron chi connectivity index (χ2n) is 7.36. The monoisotopic (exact) mass is 413 g/mol. The number of carbonyl (C=O) groups excluding carboxylic acids is 2. The standard InChI is InChI=1S/C24H25ClFNO2/c25-20-10-6-18(7-11-20)24(29)15-14-22-4-1-2-16-27(22)17-3-5-23(28)19-8-12-21(26)13-9-19/h6-15,22H,1-5,16-17H2. The molecule has 0 aliphatic carbocycles. The Hall–Kier alpha value is -2.30. The van der Waals surface area contributed by atoms with E-state index in [9.17, 15) is 14.0 Å². The highest BCUT2D eigenvalue weighted by Gasteiger charge is 2.20. The topological polar surface area (TPSA) is 37.4 Å². The van der Waals surface area contributed by atoms with Gasteiger partial charge in [-0.15, -0.1) is 0 Å². The van der Waals surface area contributed by atoms with E-state index in [1.54, 1.807) is 30.3 Å². The Balaban J connectivity index is 1.52. The number of halogens is 2. The molecular weight excluding hydrogens is 389 g/mol.